The summed E-state index contributed by atoms with van der Waals surface area (Å²) in [7, 11) is 0. The molecule has 6 heteroatoms. The van der Waals surface area contributed by atoms with Crippen LogP contribution in [0.25, 0.3) is 0 Å². The summed E-state index contributed by atoms with van der Waals surface area (Å²) in [5, 5.41) is 0. The summed E-state index contributed by atoms with van der Waals surface area (Å²) in [5.41, 5.74) is 0. The number of aromatic nitrogens is 2. The Morgan fingerprint density at radius 1 is 0.857 bits per heavy atom. The highest BCUT2D eigenvalue weighted by Gasteiger charge is 2.30. The lowest BCUT2D eigenvalue weighted by Gasteiger charge is -2.37. The molecule has 0 spiro atoms. The highest BCUT2D eigenvalue weighted by Crippen LogP contribution is 2.28. The second kappa shape index (κ2) is 8.66. The molecule has 1 atom stereocenters. The minimum absolute atomic E-state index is 0.189. The van der Waals surface area contributed by atoms with Crippen molar-refractivity contribution in [2.45, 2.75) is 52.4 Å². The van der Waals surface area contributed by atoms with Crippen molar-refractivity contribution < 1.29 is 4.79 Å². The SMILES string of the molecule is CC1CCN(C(=O)C2CCN(c3cc(N4CCCC(C)C4)ncn3)CC2)CC1. The molecule has 28 heavy (non-hydrogen) atoms. The summed E-state index contributed by atoms with van der Waals surface area (Å²) in [4.78, 5) is 28.8. The molecule has 3 fully saturated rings. The van der Waals surface area contributed by atoms with Crippen LogP contribution in [-0.2, 0) is 4.79 Å². The summed E-state index contributed by atoms with van der Waals surface area (Å²) in [5.74, 6) is 4.14. The summed E-state index contributed by atoms with van der Waals surface area (Å²) < 4.78 is 0. The summed E-state index contributed by atoms with van der Waals surface area (Å²) in [6, 6.07) is 2.15. The van der Waals surface area contributed by atoms with Crippen LogP contribution in [0.4, 0.5) is 11.6 Å². The van der Waals surface area contributed by atoms with Gasteiger partial charge in [0, 0.05) is 51.3 Å². The normalized spacial score (nSPS) is 25.2. The number of likely N-dealkylation sites (tertiary alicyclic amines) is 1. The quantitative estimate of drug-likeness (QED) is 0.800. The van der Waals surface area contributed by atoms with Gasteiger partial charge in [0.25, 0.3) is 0 Å². The van der Waals surface area contributed by atoms with Crippen molar-refractivity contribution in [1.29, 1.82) is 0 Å². The van der Waals surface area contributed by atoms with E-state index in [-0.39, 0.29) is 5.92 Å². The van der Waals surface area contributed by atoms with E-state index in [2.05, 4.69) is 44.6 Å². The maximum absolute atomic E-state index is 12.9. The van der Waals surface area contributed by atoms with Crippen molar-refractivity contribution in [3.8, 4) is 0 Å². The smallest absolute Gasteiger partial charge is 0.225 e. The van der Waals surface area contributed by atoms with Gasteiger partial charge in [-0.05, 0) is 50.4 Å². The zero-order chi connectivity index (χ0) is 19.5. The third kappa shape index (κ3) is 4.41. The lowest BCUT2D eigenvalue weighted by atomic mass is 9.92. The molecular weight excluding hydrogens is 350 g/mol. The minimum Gasteiger partial charge on any atom is -0.356 e. The van der Waals surface area contributed by atoms with Crippen LogP contribution in [0.3, 0.4) is 0 Å². The number of piperidine rings is 3. The van der Waals surface area contributed by atoms with E-state index in [4.69, 9.17) is 0 Å². The molecule has 154 valence electrons. The van der Waals surface area contributed by atoms with E-state index in [9.17, 15) is 4.79 Å². The lowest BCUT2D eigenvalue weighted by molar-refractivity contribution is -0.137. The first-order valence-electron chi connectivity index (χ1n) is 11.2. The Hall–Kier alpha value is -1.85. The van der Waals surface area contributed by atoms with E-state index in [1.165, 1.54) is 12.8 Å². The van der Waals surface area contributed by atoms with Gasteiger partial charge in [-0.3, -0.25) is 4.79 Å². The molecular formula is C22H35N5O. The highest BCUT2D eigenvalue weighted by atomic mass is 16.2. The van der Waals surface area contributed by atoms with Gasteiger partial charge in [0.1, 0.15) is 18.0 Å². The first-order valence-corrected chi connectivity index (χ1v) is 11.2. The molecule has 6 nitrogen and oxygen atoms in total. The molecule has 1 amide bonds. The molecule has 1 aromatic heterocycles. The van der Waals surface area contributed by atoms with E-state index < -0.39 is 0 Å². The highest BCUT2D eigenvalue weighted by molar-refractivity contribution is 5.79. The van der Waals surface area contributed by atoms with Gasteiger partial charge in [-0.1, -0.05) is 13.8 Å². The summed E-state index contributed by atoms with van der Waals surface area (Å²) in [6.07, 6.45) is 8.44. The van der Waals surface area contributed by atoms with Gasteiger partial charge in [-0.25, -0.2) is 9.97 Å². The third-order valence-corrected chi connectivity index (χ3v) is 6.88. The fourth-order valence-electron chi connectivity index (χ4n) is 4.92. The van der Waals surface area contributed by atoms with E-state index in [0.717, 1.165) is 88.4 Å². The number of nitrogens with zero attached hydrogens (tertiary/aromatic N) is 5. The van der Waals surface area contributed by atoms with E-state index in [0.29, 0.717) is 5.91 Å². The van der Waals surface area contributed by atoms with Crippen LogP contribution in [-0.4, -0.2) is 60.0 Å². The Labute approximate surface area is 169 Å². The predicted molar refractivity (Wildman–Crippen MR) is 113 cm³/mol. The fourth-order valence-corrected chi connectivity index (χ4v) is 4.92. The number of anilines is 2. The van der Waals surface area contributed by atoms with E-state index in [1.54, 1.807) is 6.33 Å². The maximum atomic E-state index is 12.9. The topological polar surface area (TPSA) is 52.6 Å². The van der Waals surface area contributed by atoms with Crippen LogP contribution in [0.2, 0.25) is 0 Å². The van der Waals surface area contributed by atoms with Gasteiger partial charge in [0.15, 0.2) is 0 Å². The van der Waals surface area contributed by atoms with Gasteiger partial charge < -0.3 is 14.7 Å². The van der Waals surface area contributed by atoms with Crippen molar-refractivity contribution in [2.24, 2.45) is 17.8 Å². The second-order valence-corrected chi connectivity index (χ2v) is 9.20. The molecule has 3 saturated heterocycles. The first-order chi connectivity index (χ1) is 13.6. The van der Waals surface area contributed by atoms with Crippen molar-refractivity contribution in [2.75, 3.05) is 49.1 Å². The van der Waals surface area contributed by atoms with Gasteiger partial charge in [-0.2, -0.15) is 0 Å². The standard InChI is InChI=1S/C22H35N5O/c1-17-5-10-26(11-6-17)22(28)19-7-12-25(13-8-19)20-14-21(24-16-23-20)27-9-3-4-18(2)15-27/h14,16-19H,3-13,15H2,1-2H3. The molecule has 1 aromatic rings. The van der Waals surface area contributed by atoms with Crippen LogP contribution >= 0.6 is 0 Å². The molecule has 0 radical (unpaired) electrons. The van der Waals surface area contributed by atoms with Gasteiger partial charge >= 0.3 is 0 Å². The molecule has 4 heterocycles. The number of hydrogen-bond acceptors (Lipinski definition) is 5. The monoisotopic (exact) mass is 385 g/mol. The Morgan fingerprint density at radius 2 is 1.54 bits per heavy atom. The molecule has 0 N–H and O–H groups in total. The zero-order valence-electron chi connectivity index (χ0n) is 17.5. The number of carbonyl (C=O) groups excluding carboxylic acids is 1. The van der Waals surface area contributed by atoms with Gasteiger partial charge in [0.05, 0.1) is 0 Å². The van der Waals surface area contributed by atoms with Crippen molar-refractivity contribution in [3.63, 3.8) is 0 Å². The number of hydrogen-bond donors (Lipinski definition) is 0. The number of carbonyl (C=O) groups is 1. The van der Waals surface area contributed by atoms with E-state index >= 15 is 0 Å². The largest absolute Gasteiger partial charge is 0.356 e. The fraction of sp³-hybridized carbons (Fsp3) is 0.773. The first kappa shape index (κ1) is 19.5. The van der Waals surface area contributed by atoms with Gasteiger partial charge in [0.2, 0.25) is 5.91 Å². The number of rotatable bonds is 3. The van der Waals surface area contributed by atoms with Crippen molar-refractivity contribution in [1.82, 2.24) is 14.9 Å². The molecule has 4 rings (SSSR count). The Bertz CT molecular complexity index is 665. The Morgan fingerprint density at radius 3 is 2.21 bits per heavy atom. The number of amides is 1. The van der Waals surface area contributed by atoms with Crippen LogP contribution in [0, 0.1) is 17.8 Å². The molecule has 0 bridgehead atoms. The summed E-state index contributed by atoms with van der Waals surface area (Å²) >= 11 is 0. The lowest BCUT2D eigenvalue weighted by Crippen LogP contribution is -2.45. The van der Waals surface area contributed by atoms with Crippen LogP contribution in [0.15, 0.2) is 12.4 Å². The van der Waals surface area contributed by atoms with Crippen LogP contribution in [0.5, 0.6) is 0 Å². The minimum atomic E-state index is 0.189. The van der Waals surface area contributed by atoms with Crippen LogP contribution < -0.4 is 9.80 Å². The molecule has 0 aliphatic carbocycles. The molecule has 3 aliphatic heterocycles. The van der Waals surface area contributed by atoms with Crippen molar-refractivity contribution >= 4 is 17.5 Å². The molecule has 0 aromatic carbocycles. The average molecular weight is 386 g/mol. The Kier molecular flexibility index (Phi) is 6.02. The average Bonchev–Trinajstić information content (AvgIpc) is 2.74. The van der Waals surface area contributed by atoms with Crippen LogP contribution in [0.1, 0.15) is 52.4 Å². The van der Waals surface area contributed by atoms with Crippen molar-refractivity contribution in [3.05, 3.63) is 12.4 Å². The molecule has 3 aliphatic rings. The summed E-state index contributed by atoms with van der Waals surface area (Å²) in [6.45, 7) is 10.5. The second-order valence-electron chi connectivity index (χ2n) is 9.20. The predicted octanol–water partition coefficient (Wildman–Crippen LogP) is 3.19. The Balaban J connectivity index is 1.33. The molecule has 0 saturated carbocycles. The third-order valence-electron chi connectivity index (χ3n) is 6.88. The molecule has 1 unspecified atom stereocenters. The maximum Gasteiger partial charge on any atom is 0.225 e. The van der Waals surface area contributed by atoms with E-state index in [1.807, 2.05) is 0 Å². The van der Waals surface area contributed by atoms with Gasteiger partial charge in [-0.15, -0.1) is 0 Å². The zero-order valence-corrected chi connectivity index (χ0v) is 17.5.